The molecule has 1 aromatic rings. The molecule has 2 amide bonds. The van der Waals surface area contributed by atoms with Gasteiger partial charge in [-0.2, -0.15) is 0 Å². The first-order valence-corrected chi connectivity index (χ1v) is 11.0. The molecule has 7 nitrogen and oxygen atoms in total. The Morgan fingerprint density at radius 1 is 1.35 bits per heavy atom. The van der Waals surface area contributed by atoms with Crippen molar-refractivity contribution >= 4 is 16.1 Å². The summed E-state index contributed by atoms with van der Waals surface area (Å²) in [6.45, 7) is 7.12. The van der Waals surface area contributed by atoms with Crippen LogP contribution in [0.5, 0.6) is 0 Å². The van der Waals surface area contributed by atoms with E-state index >= 15 is 0 Å². The van der Waals surface area contributed by atoms with E-state index in [-0.39, 0.29) is 23.5 Å². The Morgan fingerprint density at radius 3 is 2.77 bits per heavy atom. The van der Waals surface area contributed by atoms with E-state index in [2.05, 4.69) is 24.5 Å². The largest absolute Gasteiger partial charge is 0.466 e. The van der Waals surface area contributed by atoms with E-state index in [1.54, 1.807) is 0 Å². The monoisotopic (exact) mass is 383 g/mol. The highest BCUT2D eigenvalue weighted by molar-refractivity contribution is 7.88. The van der Waals surface area contributed by atoms with Gasteiger partial charge in [-0.25, -0.2) is 17.5 Å². The van der Waals surface area contributed by atoms with Crippen LogP contribution in [0.2, 0.25) is 0 Å². The number of rotatable bonds is 3. The van der Waals surface area contributed by atoms with Gasteiger partial charge in [0.1, 0.15) is 11.5 Å². The third-order valence-corrected chi connectivity index (χ3v) is 6.50. The maximum Gasteiger partial charge on any atom is 0.315 e. The van der Waals surface area contributed by atoms with Gasteiger partial charge in [0.05, 0.1) is 12.3 Å². The Kier molecular flexibility index (Phi) is 5.09. The smallest absolute Gasteiger partial charge is 0.315 e. The SMILES string of the molecule is Cc1cc2c(o1)CC(C)(C)C[C@H]2NC(=O)N[C@@H]1CCCN(S(C)(=O)=O)C1. The average Bonchev–Trinajstić information content (AvgIpc) is 2.85. The van der Waals surface area contributed by atoms with Gasteiger partial charge in [0, 0.05) is 31.1 Å². The molecular weight excluding hydrogens is 354 g/mol. The Bertz CT molecular complexity index is 784. The highest BCUT2D eigenvalue weighted by Gasteiger charge is 2.36. The first kappa shape index (κ1) is 19.2. The van der Waals surface area contributed by atoms with Crippen LogP contribution < -0.4 is 10.6 Å². The van der Waals surface area contributed by atoms with Gasteiger partial charge in [-0.1, -0.05) is 13.8 Å². The molecule has 1 aliphatic heterocycles. The second kappa shape index (κ2) is 6.88. The van der Waals surface area contributed by atoms with Crippen LogP contribution in [0.3, 0.4) is 0 Å². The molecular formula is C18H29N3O4S. The van der Waals surface area contributed by atoms with E-state index in [9.17, 15) is 13.2 Å². The van der Waals surface area contributed by atoms with E-state index in [1.165, 1.54) is 10.6 Å². The molecule has 1 aliphatic carbocycles. The molecule has 0 saturated carbocycles. The molecule has 2 N–H and O–H groups in total. The molecule has 3 rings (SSSR count). The fourth-order valence-corrected chi connectivity index (χ4v) is 4.97. The van der Waals surface area contributed by atoms with Crippen LogP contribution in [0.25, 0.3) is 0 Å². The number of furan rings is 1. The highest BCUT2D eigenvalue weighted by Crippen LogP contribution is 2.41. The summed E-state index contributed by atoms with van der Waals surface area (Å²) in [4.78, 5) is 12.5. The molecule has 2 atom stereocenters. The molecule has 146 valence electrons. The lowest BCUT2D eigenvalue weighted by Crippen LogP contribution is -2.52. The summed E-state index contributed by atoms with van der Waals surface area (Å²) >= 11 is 0. The van der Waals surface area contributed by atoms with Gasteiger partial charge in [-0.3, -0.25) is 0 Å². The zero-order valence-electron chi connectivity index (χ0n) is 16.0. The minimum absolute atomic E-state index is 0.0488. The first-order chi connectivity index (χ1) is 12.0. The lowest BCUT2D eigenvalue weighted by atomic mass is 9.75. The van der Waals surface area contributed by atoms with Crippen molar-refractivity contribution in [2.45, 2.75) is 58.5 Å². The lowest BCUT2D eigenvalue weighted by Gasteiger charge is -2.35. The molecule has 8 heteroatoms. The summed E-state index contributed by atoms with van der Waals surface area (Å²) in [5, 5.41) is 6.01. The number of aryl methyl sites for hydroxylation is 1. The fourth-order valence-electron chi connectivity index (χ4n) is 4.06. The number of hydrogen-bond acceptors (Lipinski definition) is 4. The Morgan fingerprint density at radius 2 is 2.08 bits per heavy atom. The van der Waals surface area contributed by atoms with Crippen molar-refractivity contribution in [1.82, 2.24) is 14.9 Å². The summed E-state index contributed by atoms with van der Waals surface area (Å²) in [6.07, 6.45) is 4.45. The molecule has 26 heavy (non-hydrogen) atoms. The molecule has 1 fully saturated rings. The predicted octanol–water partition coefficient (Wildman–Crippen LogP) is 2.32. The number of fused-ring (bicyclic) bond motifs is 1. The van der Waals surface area contributed by atoms with Gasteiger partial charge in [-0.05, 0) is 37.7 Å². The topological polar surface area (TPSA) is 91.7 Å². The number of nitrogens with zero attached hydrogens (tertiary/aromatic N) is 1. The van der Waals surface area contributed by atoms with Crippen molar-refractivity contribution < 1.29 is 17.6 Å². The molecule has 0 unspecified atom stereocenters. The van der Waals surface area contributed by atoms with Crippen LogP contribution in [-0.4, -0.2) is 44.1 Å². The van der Waals surface area contributed by atoms with Gasteiger partial charge < -0.3 is 15.1 Å². The van der Waals surface area contributed by atoms with Gasteiger partial charge in [0.2, 0.25) is 10.0 Å². The van der Waals surface area contributed by atoms with Crippen LogP contribution in [0, 0.1) is 12.3 Å². The van der Waals surface area contributed by atoms with Gasteiger partial charge in [0.25, 0.3) is 0 Å². The van der Waals surface area contributed by atoms with Crippen molar-refractivity contribution in [3.8, 4) is 0 Å². The maximum atomic E-state index is 12.5. The number of urea groups is 1. The summed E-state index contributed by atoms with van der Waals surface area (Å²) < 4.78 is 30.7. The van der Waals surface area contributed by atoms with E-state index in [0.717, 1.165) is 42.8 Å². The fraction of sp³-hybridized carbons (Fsp3) is 0.722. The third-order valence-electron chi connectivity index (χ3n) is 5.23. The Labute approximate surface area is 155 Å². The molecule has 1 aromatic heterocycles. The molecule has 2 aliphatic rings. The van der Waals surface area contributed by atoms with Crippen LogP contribution in [0.4, 0.5) is 4.79 Å². The number of amides is 2. The van der Waals surface area contributed by atoms with E-state index in [4.69, 9.17) is 4.42 Å². The van der Waals surface area contributed by atoms with E-state index < -0.39 is 10.0 Å². The quantitative estimate of drug-likeness (QED) is 0.838. The average molecular weight is 384 g/mol. The Hall–Kier alpha value is -1.54. The number of nitrogens with one attached hydrogen (secondary N) is 2. The number of carbonyl (C=O) groups excluding carboxylic acids is 1. The second-order valence-corrected chi connectivity index (χ2v) is 10.4. The van der Waals surface area contributed by atoms with Crippen LogP contribution in [-0.2, 0) is 16.4 Å². The van der Waals surface area contributed by atoms with Crippen molar-refractivity contribution in [3.05, 3.63) is 23.2 Å². The zero-order valence-corrected chi connectivity index (χ0v) is 16.8. The molecule has 0 radical (unpaired) electrons. The van der Waals surface area contributed by atoms with Crippen molar-refractivity contribution in [3.63, 3.8) is 0 Å². The van der Waals surface area contributed by atoms with Gasteiger partial charge in [0.15, 0.2) is 0 Å². The minimum atomic E-state index is -3.23. The van der Waals surface area contributed by atoms with Crippen molar-refractivity contribution in [2.75, 3.05) is 19.3 Å². The zero-order chi connectivity index (χ0) is 19.1. The molecule has 0 bridgehead atoms. The number of sulfonamides is 1. The van der Waals surface area contributed by atoms with Crippen LogP contribution >= 0.6 is 0 Å². The highest BCUT2D eigenvalue weighted by atomic mass is 32.2. The standard InChI is InChI=1S/C18H29N3O4S/c1-12-8-14-15(9-18(2,3)10-16(14)25-12)20-17(22)19-13-6-5-7-21(11-13)26(4,23)24/h8,13,15H,5-7,9-11H2,1-4H3,(H2,19,20,22)/t13-,15-/m1/s1. The lowest BCUT2D eigenvalue weighted by molar-refractivity contribution is 0.205. The first-order valence-electron chi connectivity index (χ1n) is 9.15. The molecule has 2 heterocycles. The van der Waals surface area contributed by atoms with E-state index in [1.807, 2.05) is 13.0 Å². The van der Waals surface area contributed by atoms with Crippen molar-refractivity contribution in [2.24, 2.45) is 5.41 Å². The van der Waals surface area contributed by atoms with Crippen LogP contribution in [0.15, 0.2) is 10.5 Å². The summed E-state index contributed by atoms with van der Waals surface area (Å²) in [6, 6.07) is 1.49. The van der Waals surface area contributed by atoms with E-state index in [0.29, 0.717) is 13.1 Å². The number of hydrogen-bond donors (Lipinski definition) is 2. The third kappa shape index (κ3) is 4.40. The Balaban J connectivity index is 1.65. The minimum Gasteiger partial charge on any atom is -0.466 e. The second-order valence-electron chi connectivity index (χ2n) is 8.41. The summed E-state index contributed by atoms with van der Waals surface area (Å²) in [5.41, 5.74) is 1.10. The molecule has 1 saturated heterocycles. The van der Waals surface area contributed by atoms with Crippen LogP contribution in [0.1, 0.15) is 56.2 Å². The maximum absolute atomic E-state index is 12.5. The van der Waals surface area contributed by atoms with Gasteiger partial charge in [-0.15, -0.1) is 0 Å². The number of piperidine rings is 1. The normalized spacial score (nSPS) is 26.2. The predicted molar refractivity (Wildman–Crippen MR) is 99.4 cm³/mol. The molecule has 0 spiro atoms. The van der Waals surface area contributed by atoms with Crippen molar-refractivity contribution in [1.29, 1.82) is 0 Å². The summed E-state index contributed by atoms with van der Waals surface area (Å²) in [5.74, 6) is 1.81. The number of carbonyl (C=O) groups is 1. The van der Waals surface area contributed by atoms with Gasteiger partial charge >= 0.3 is 6.03 Å². The molecule has 0 aromatic carbocycles. The summed E-state index contributed by atoms with van der Waals surface area (Å²) in [7, 11) is -3.23.